The highest BCUT2D eigenvalue weighted by molar-refractivity contribution is 7.90. The lowest BCUT2D eigenvalue weighted by Crippen LogP contribution is -2.37. The zero-order valence-electron chi connectivity index (χ0n) is 12.0. The van der Waals surface area contributed by atoms with E-state index in [4.69, 9.17) is 5.11 Å². The van der Waals surface area contributed by atoms with Gasteiger partial charge in [0.15, 0.2) is 0 Å². The van der Waals surface area contributed by atoms with Gasteiger partial charge < -0.3 is 10.4 Å². The van der Waals surface area contributed by atoms with E-state index in [1.807, 2.05) is 0 Å². The van der Waals surface area contributed by atoms with E-state index < -0.39 is 21.8 Å². The molecule has 1 rings (SSSR count). The molecule has 0 saturated heterocycles. The molecule has 0 radical (unpaired) electrons. The summed E-state index contributed by atoms with van der Waals surface area (Å²) in [4.78, 5) is 16.0. The maximum Gasteiger partial charge on any atom is 0.252 e. The molecule has 6 nitrogen and oxygen atoms in total. The molecule has 0 aliphatic carbocycles. The molecule has 0 spiro atoms. The Balaban J connectivity index is 2.86. The standard InChI is InChI=1S/C14H18N2O4S/c1-11(10-21(2,19)20)16-14(18)13-6-7-15-9-12(13)5-3-4-8-17/h6-7,9,11,17H,4,8,10H2,1-2H3,(H,16,18). The Morgan fingerprint density at radius 3 is 2.86 bits per heavy atom. The van der Waals surface area contributed by atoms with Gasteiger partial charge >= 0.3 is 0 Å². The first-order valence-corrected chi connectivity index (χ1v) is 8.42. The monoisotopic (exact) mass is 310 g/mol. The van der Waals surface area contributed by atoms with Crippen molar-refractivity contribution < 1.29 is 18.3 Å². The number of aromatic nitrogens is 1. The summed E-state index contributed by atoms with van der Waals surface area (Å²) < 4.78 is 22.4. The van der Waals surface area contributed by atoms with Gasteiger partial charge in [-0.1, -0.05) is 11.8 Å². The molecule has 21 heavy (non-hydrogen) atoms. The van der Waals surface area contributed by atoms with Gasteiger partial charge in [-0.05, 0) is 13.0 Å². The third kappa shape index (κ3) is 6.38. The van der Waals surface area contributed by atoms with Crippen LogP contribution in [0, 0.1) is 11.8 Å². The van der Waals surface area contributed by atoms with Crippen LogP contribution in [-0.2, 0) is 9.84 Å². The lowest BCUT2D eigenvalue weighted by Gasteiger charge is -2.13. The average Bonchev–Trinajstić information content (AvgIpc) is 2.37. The van der Waals surface area contributed by atoms with E-state index in [0.29, 0.717) is 17.5 Å². The molecule has 1 unspecified atom stereocenters. The van der Waals surface area contributed by atoms with Crippen LogP contribution < -0.4 is 5.32 Å². The van der Waals surface area contributed by atoms with Gasteiger partial charge in [0.05, 0.1) is 23.5 Å². The van der Waals surface area contributed by atoms with Gasteiger partial charge in [-0.15, -0.1) is 0 Å². The number of aliphatic hydroxyl groups excluding tert-OH is 1. The summed E-state index contributed by atoms with van der Waals surface area (Å²) in [5.41, 5.74) is 0.769. The van der Waals surface area contributed by atoms with Crippen LogP contribution >= 0.6 is 0 Å². The van der Waals surface area contributed by atoms with Crippen molar-refractivity contribution in [1.29, 1.82) is 0 Å². The molecule has 0 aliphatic rings. The Bertz CT molecular complexity index is 659. The molecular formula is C14H18N2O4S. The zero-order chi connectivity index (χ0) is 15.9. The van der Waals surface area contributed by atoms with E-state index in [0.717, 1.165) is 6.26 Å². The fourth-order valence-electron chi connectivity index (χ4n) is 1.70. The Morgan fingerprint density at radius 1 is 1.52 bits per heavy atom. The molecule has 0 aliphatic heterocycles. The molecule has 114 valence electrons. The Hall–Kier alpha value is -1.91. The van der Waals surface area contributed by atoms with E-state index in [9.17, 15) is 13.2 Å². The summed E-state index contributed by atoms with van der Waals surface area (Å²) in [7, 11) is -3.16. The molecule has 1 aromatic rings. The molecule has 1 amide bonds. The van der Waals surface area contributed by atoms with Crippen LogP contribution in [-0.4, -0.2) is 49.1 Å². The first kappa shape index (κ1) is 17.1. The predicted octanol–water partition coefficient (Wildman–Crippen LogP) is -0.0216. The van der Waals surface area contributed by atoms with Crippen molar-refractivity contribution in [3.63, 3.8) is 0 Å². The highest BCUT2D eigenvalue weighted by atomic mass is 32.2. The average molecular weight is 310 g/mol. The Morgan fingerprint density at radius 2 is 2.24 bits per heavy atom. The third-order valence-electron chi connectivity index (χ3n) is 2.46. The van der Waals surface area contributed by atoms with Crippen molar-refractivity contribution in [2.75, 3.05) is 18.6 Å². The van der Waals surface area contributed by atoms with Crippen molar-refractivity contribution >= 4 is 15.7 Å². The van der Waals surface area contributed by atoms with E-state index in [1.54, 1.807) is 6.92 Å². The highest BCUT2D eigenvalue weighted by Gasteiger charge is 2.16. The minimum Gasteiger partial charge on any atom is -0.395 e. The van der Waals surface area contributed by atoms with Crippen LogP contribution in [0.3, 0.4) is 0 Å². The third-order valence-corrected chi connectivity index (χ3v) is 3.56. The number of aliphatic hydroxyl groups is 1. The second kappa shape index (κ2) is 7.76. The highest BCUT2D eigenvalue weighted by Crippen LogP contribution is 2.06. The number of carbonyl (C=O) groups excluding carboxylic acids is 1. The van der Waals surface area contributed by atoms with Crippen LogP contribution in [0.25, 0.3) is 0 Å². The van der Waals surface area contributed by atoms with Gasteiger partial charge in [0, 0.05) is 31.1 Å². The summed E-state index contributed by atoms with van der Waals surface area (Å²) in [6.45, 7) is 1.57. The lowest BCUT2D eigenvalue weighted by atomic mass is 10.1. The molecular weight excluding hydrogens is 292 g/mol. The second-order valence-corrected chi connectivity index (χ2v) is 6.85. The zero-order valence-corrected chi connectivity index (χ0v) is 12.8. The SMILES string of the molecule is CC(CS(C)(=O)=O)NC(=O)c1ccncc1C#CCCO. The van der Waals surface area contributed by atoms with Crippen LogP contribution in [0.1, 0.15) is 29.3 Å². The van der Waals surface area contributed by atoms with Gasteiger partial charge in [-0.25, -0.2) is 8.42 Å². The van der Waals surface area contributed by atoms with Crippen LogP contribution in [0.15, 0.2) is 18.5 Å². The number of rotatable bonds is 5. The molecule has 1 heterocycles. The van der Waals surface area contributed by atoms with Crippen LogP contribution in [0.4, 0.5) is 0 Å². The number of hydrogen-bond acceptors (Lipinski definition) is 5. The summed E-state index contributed by atoms with van der Waals surface area (Å²) in [6, 6.07) is 1.02. The van der Waals surface area contributed by atoms with Crippen molar-refractivity contribution in [2.24, 2.45) is 0 Å². The first-order valence-electron chi connectivity index (χ1n) is 6.36. The van der Waals surface area contributed by atoms with E-state index >= 15 is 0 Å². The van der Waals surface area contributed by atoms with Gasteiger partial charge in [0.25, 0.3) is 5.91 Å². The summed E-state index contributed by atoms with van der Waals surface area (Å²) in [6.07, 6.45) is 4.35. The van der Waals surface area contributed by atoms with Crippen molar-refractivity contribution in [3.05, 3.63) is 29.6 Å². The van der Waals surface area contributed by atoms with E-state index in [2.05, 4.69) is 22.1 Å². The predicted molar refractivity (Wildman–Crippen MR) is 79.5 cm³/mol. The fourth-order valence-corrected chi connectivity index (χ4v) is 2.69. The number of hydrogen-bond donors (Lipinski definition) is 2. The van der Waals surface area contributed by atoms with Crippen molar-refractivity contribution in [3.8, 4) is 11.8 Å². The number of nitrogens with one attached hydrogen (secondary N) is 1. The fraction of sp³-hybridized carbons (Fsp3) is 0.429. The van der Waals surface area contributed by atoms with E-state index in [-0.39, 0.29) is 12.4 Å². The number of pyridine rings is 1. The largest absolute Gasteiger partial charge is 0.395 e. The number of sulfone groups is 1. The Kier molecular flexibility index (Phi) is 6.34. The van der Waals surface area contributed by atoms with Crippen molar-refractivity contribution in [1.82, 2.24) is 10.3 Å². The molecule has 1 aromatic heterocycles. The minimum absolute atomic E-state index is 0.0554. The number of amides is 1. The molecule has 0 aromatic carbocycles. The molecule has 7 heteroatoms. The van der Waals surface area contributed by atoms with Gasteiger partial charge in [-0.2, -0.15) is 0 Å². The lowest BCUT2D eigenvalue weighted by molar-refractivity contribution is 0.0943. The summed E-state index contributed by atoms with van der Waals surface area (Å²) in [5, 5.41) is 11.3. The maximum atomic E-state index is 12.1. The van der Waals surface area contributed by atoms with Gasteiger partial charge in [0.2, 0.25) is 0 Å². The smallest absolute Gasteiger partial charge is 0.252 e. The van der Waals surface area contributed by atoms with Crippen LogP contribution in [0.2, 0.25) is 0 Å². The molecule has 0 bridgehead atoms. The molecule has 0 saturated carbocycles. The normalized spacial score (nSPS) is 12.1. The summed E-state index contributed by atoms with van der Waals surface area (Å²) in [5.74, 6) is 4.96. The molecule has 0 fully saturated rings. The quantitative estimate of drug-likeness (QED) is 0.745. The minimum atomic E-state index is -3.16. The number of carbonyl (C=O) groups is 1. The van der Waals surface area contributed by atoms with Crippen molar-refractivity contribution in [2.45, 2.75) is 19.4 Å². The van der Waals surface area contributed by atoms with Gasteiger partial charge in [0.1, 0.15) is 9.84 Å². The number of nitrogens with zero attached hydrogens (tertiary/aromatic N) is 1. The summed E-state index contributed by atoms with van der Waals surface area (Å²) >= 11 is 0. The molecule has 1 atom stereocenters. The van der Waals surface area contributed by atoms with E-state index in [1.165, 1.54) is 18.5 Å². The first-order chi connectivity index (χ1) is 9.83. The van der Waals surface area contributed by atoms with Gasteiger partial charge in [-0.3, -0.25) is 9.78 Å². The van der Waals surface area contributed by atoms with Crippen LogP contribution in [0.5, 0.6) is 0 Å². The second-order valence-electron chi connectivity index (χ2n) is 4.66. The topological polar surface area (TPSA) is 96.4 Å². The maximum absolute atomic E-state index is 12.1. The molecule has 2 N–H and O–H groups in total. The Labute approximate surface area is 124 Å².